The van der Waals surface area contributed by atoms with Crippen molar-refractivity contribution in [2.45, 2.75) is 45.8 Å². The summed E-state index contributed by atoms with van der Waals surface area (Å²) in [5.74, 6) is 0. The van der Waals surface area contributed by atoms with Crippen molar-refractivity contribution in [3.8, 4) is 0 Å². The van der Waals surface area contributed by atoms with Crippen LogP contribution in [-0.4, -0.2) is 24.0 Å². The molecule has 1 amide bonds. The van der Waals surface area contributed by atoms with Crippen LogP contribution in [0.2, 0.25) is 0 Å². The van der Waals surface area contributed by atoms with E-state index in [4.69, 9.17) is 4.74 Å². The molecular weight excluding hydrogens is 194 g/mol. The fourth-order valence-corrected chi connectivity index (χ4v) is 0.968. The summed E-state index contributed by atoms with van der Waals surface area (Å²) >= 11 is 0. The van der Waals surface area contributed by atoms with Gasteiger partial charge in [0.25, 0.3) is 0 Å². The van der Waals surface area contributed by atoms with E-state index in [0.29, 0.717) is 12.7 Å². The molecule has 0 aliphatic carbocycles. The lowest BCUT2D eigenvalue weighted by molar-refractivity contribution is -0.109. The molecule has 0 aromatic carbocycles. The van der Waals surface area contributed by atoms with Crippen LogP contribution in [0.3, 0.4) is 0 Å². The lowest BCUT2D eigenvalue weighted by Crippen LogP contribution is -2.40. The van der Waals surface area contributed by atoms with Gasteiger partial charge in [0.05, 0.1) is 6.04 Å². The van der Waals surface area contributed by atoms with Crippen LogP contribution in [0.4, 0.5) is 4.79 Å². The van der Waals surface area contributed by atoms with Crippen LogP contribution in [-0.2, 0) is 9.53 Å². The van der Waals surface area contributed by atoms with Gasteiger partial charge in [-0.1, -0.05) is 5.57 Å². The van der Waals surface area contributed by atoms with Gasteiger partial charge in [0.15, 0.2) is 0 Å². The van der Waals surface area contributed by atoms with Crippen LogP contribution in [0.15, 0.2) is 12.2 Å². The van der Waals surface area contributed by atoms with Gasteiger partial charge in [0.1, 0.15) is 11.9 Å². The summed E-state index contributed by atoms with van der Waals surface area (Å²) in [7, 11) is 0. The predicted molar refractivity (Wildman–Crippen MR) is 58.7 cm³/mol. The predicted octanol–water partition coefficient (Wildman–Crippen LogP) is 2.04. The number of nitrogens with one attached hydrogen (secondary N) is 1. The molecule has 0 aliphatic heterocycles. The van der Waals surface area contributed by atoms with E-state index in [0.717, 1.165) is 5.57 Å². The van der Waals surface area contributed by atoms with Crippen molar-refractivity contribution in [2.24, 2.45) is 0 Å². The Hall–Kier alpha value is -1.32. The van der Waals surface area contributed by atoms with Crippen LogP contribution in [0.1, 0.15) is 34.1 Å². The van der Waals surface area contributed by atoms with E-state index in [1.807, 2.05) is 0 Å². The van der Waals surface area contributed by atoms with E-state index in [-0.39, 0.29) is 0 Å². The average molecular weight is 213 g/mol. The van der Waals surface area contributed by atoms with Gasteiger partial charge in [-0.3, -0.25) is 0 Å². The zero-order chi connectivity index (χ0) is 12.1. The monoisotopic (exact) mass is 213 g/mol. The highest BCUT2D eigenvalue weighted by molar-refractivity contribution is 5.73. The Kier molecular flexibility index (Phi) is 5.05. The van der Waals surface area contributed by atoms with Crippen molar-refractivity contribution in [2.75, 3.05) is 0 Å². The molecule has 86 valence electrons. The van der Waals surface area contributed by atoms with Crippen molar-refractivity contribution < 1.29 is 14.3 Å². The first-order chi connectivity index (χ1) is 6.74. The molecular formula is C11H19NO3. The molecule has 0 heterocycles. The maximum absolute atomic E-state index is 11.3. The number of rotatable bonds is 4. The van der Waals surface area contributed by atoms with Crippen LogP contribution in [0, 0.1) is 0 Å². The van der Waals surface area contributed by atoms with Crippen LogP contribution < -0.4 is 5.32 Å². The van der Waals surface area contributed by atoms with Gasteiger partial charge in [-0.2, -0.15) is 0 Å². The van der Waals surface area contributed by atoms with E-state index in [2.05, 4.69) is 11.9 Å². The van der Waals surface area contributed by atoms with Crippen molar-refractivity contribution >= 4 is 12.4 Å². The van der Waals surface area contributed by atoms with Crippen LogP contribution in [0.5, 0.6) is 0 Å². The van der Waals surface area contributed by atoms with Crippen LogP contribution >= 0.6 is 0 Å². The molecule has 15 heavy (non-hydrogen) atoms. The number of amides is 1. The molecule has 0 aromatic heterocycles. The smallest absolute Gasteiger partial charge is 0.408 e. The van der Waals surface area contributed by atoms with E-state index in [1.54, 1.807) is 27.7 Å². The normalized spacial score (nSPS) is 12.8. The first kappa shape index (κ1) is 13.7. The quantitative estimate of drug-likeness (QED) is 0.574. The van der Waals surface area contributed by atoms with Crippen LogP contribution in [0.25, 0.3) is 0 Å². The van der Waals surface area contributed by atoms with E-state index >= 15 is 0 Å². The highest BCUT2D eigenvalue weighted by atomic mass is 16.6. The molecule has 0 unspecified atom stereocenters. The molecule has 0 aromatic rings. The first-order valence-corrected chi connectivity index (χ1v) is 4.84. The number of aldehydes is 1. The Bertz CT molecular complexity index is 253. The topological polar surface area (TPSA) is 55.4 Å². The zero-order valence-corrected chi connectivity index (χ0v) is 9.79. The molecule has 0 saturated carbocycles. The minimum absolute atomic E-state index is 0.433. The summed E-state index contributed by atoms with van der Waals surface area (Å²) in [6.07, 6.45) is 0.530. The van der Waals surface area contributed by atoms with E-state index in [1.165, 1.54) is 0 Å². The molecule has 0 rings (SSSR count). The Morgan fingerprint density at radius 1 is 1.53 bits per heavy atom. The summed E-state index contributed by atoms with van der Waals surface area (Å²) in [4.78, 5) is 21.9. The SMILES string of the molecule is C=C(C)C[C@@H](C=O)NC(=O)OC(C)(C)C. The number of ether oxygens (including phenoxy) is 1. The minimum Gasteiger partial charge on any atom is -0.444 e. The van der Waals surface area contributed by atoms with Crippen molar-refractivity contribution in [3.63, 3.8) is 0 Å². The maximum atomic E-state index is 11.3. The number of hydrogen-bond acceptors (Lipinski definition) is 3. The molecule has 0 aliphatic rings. The molecule has 0 spiro atoms. The highest BCUT2D eigenvalue weighted by Gasteiger charge is 2.18. The summed E-state index contributed by atoms with van der Waals surface area (Å²) < 4.78 is 5.01. The van der Waals surface area contributed by atoms with Gasteiger partial charge in [-0.05, 0) is 34.1 Å². The Morgan fingerprint density at radius 2 is 2.07 bits per heavy atom. The molecule has 0 saturated heterocycles. The summed E-state index contributed by atoms with van der Waals surface area (Å²) in [5.41, 5.74) is 0.281. The third kappa shape index (κ3) is 7.73. The Morgan fingerprint density at radius 3 is 2.40 bits per heavy atom. The fourth-order valence-electron chi connectivity index (χ4n) is 0.968. The summed E-state index contributed by atoms with van der Waals surface area (Å²) in [6.45, 7) is 10.8. The average Bonchev–Trinajstić information content (AvgIpc) is 1.98. The number of carbonyl (C=O) groups is 2. The van der Waals surface area contributed by atoms with E-state index in [9.17, 15) is 9.59 Å². The Balaban J connectivity index is 4.13. The number of hydrogen-bond donors (Lipinski definition) is 1. The van der Waals surface area contributed by atoms with Gasteiger partial charge in [-0.25, -0.2) is 4.79 Å². The van der Waals surface area contributed by atoms with Gasteiger partial charge >= 0.3 is 6.09 Å². The Labute approximate surface area is 90.7 Å². The molecule has 4 heteroatoms. The first-order valence-electron chi connectivity index (χ1n) is 4.84. The van der Waals surface area contributed by atoms with Crippen molar-refractivity contribution in [1.29, 1.82) is 0 Å². The van der Waals surface area contributed by atoms with Gasteiger partial charge in [-0.15, -0.1) is 6.58 Å². The summed E-state index contributed by atoms with van der Waals surface area (Å²) in [5, 5.41) is 2.46. The number of carbonyl (C=O) groups excluding carboxylic acids is 2. The third-order valence-corrected chi connectivity index (χ3v) is 1.43. The minimum atomic E-state index is -0.583. The second-order valence-corrected chi connectivity index (χ2v) is 4.55. The third-order valence-electron chi connectivity index (χ3n) is 1.43. The molecule has 1 N–H and O–H groups in total. The molecule has 1 atom stereocenters. The lowest BCUT2D eigenvalue weighted by Gasteiger charge is -2.21. The second kappa shape index (κ2) is 5.53. The number of alkyl carbamates (subject to hydrolysis) is 1. The molecule has 0 radical (unpaired) electrons. The van der Waals surface area contributed by atoms with Gasteiger partial charge < -0.3 is 14.8 Å². The fraction of sp³-hybridized carbons (Fsp3) is 0.636. The van der Waals surface area contributed by atoms with Crippen molar-refractivity contribution in [3.05, 3.63) is 12.2 Å². The van der Waals surface area contributed by atoms with Gasteiger partial charge in [0.2, 0.25) is 0 Å². The van der Waals surface area contributed by atoms with E-state index < -0.39 is 17.7 Å². The molecule has 0 fully saturated rings. The summed E-state index contributed by atoms with van der Waals surface area (Å²) in [6, 6.07) is -0.558. The second-order valence-electron chi connectivity index (χ2n) is 4.55. The molecule has 4 nitrogen and oxygen atoms in total. The largest absolute Gasteiger partial charge is 0.444 e. The highest BCUT2D eigenvalue weighted by Crippen LogP contribution is 2.07. The van der Waals surface area contributed by atoms with Gasteiger partial charge in [0, 0.05) is 0 Å². The zero-order valence-electron chi connectivity index (χ0n) is 9.79. The molecule has 0 bridgehead atoms. The lowest BCUT2D eigenvalue weighted by atomic mass is 10.1. The standard InChI is InChI=1S/C11H19NO3/c1-8(2)6-9(7-13)12-10(14)15-11(3,4)5/h7,9H,1,6H2,2-5H3,(H,12,14)/t9-/m0/s1. The maximum Gasteiger partial charge on any atom is 0.408 e. The van der Waals surface area contributed by atoms with Crippen molar-refractivity contribution in [1.82, 2.24) is 5.32 Å².